The number of hydrogen-bond acceptors (Lipinski definition) is 13. The van der Waals surface area contributed by atoms with E-state index in [9.17, 15) is 24.9 Å². The first kappa shape index (κ1) is 52.0. The van der Waals surface area contributed by atoms with Gasteiger partial charge in [0.25, 0.3) is 0 Å². The number of cyclic esters (lactones) is 1. The summed E-state index contributed by atoms with van der Waals surface area (Å²) in [4.78, 5) is 31.8. The van der Waals surface area contributed by atoms with E-state index in [4.69, 9.17) is 18.9 Å². The lowest BCUT2D eigenvalue weighted by atomic mass is 9.79. The van der Waals surface area contributed by atoms with Gasteiger partial charge in [-0.25, -0.2) is 0 Å². The van der Waals surface area contributed by atoms with Gasteiger partial charge in [0, 0.05) is 40.0 Å². The van der Waals surface area contributed by atoms with Crippen LogP contribution in [0.15, 0.2) is 78.5 Å². The summed E-state index contributed by atoms with van der Waals surface area (Å²) in [6.07, 6.45) is 2.48. The van der Waals surface area contributed by atoms with Crippen LogP contribution >= 0.6 is 22.6 Å². The highest BCUT2D eigenvalue weighted by Crippen LogP contribution is 2.41. The van der Waals surface area contributed by atoms with Crippen molar-refractivity contribution in [3.05, 3.63) is 93.2 Å². The Hall–Kier alpha value is -3.39. The quantitative estimate of drug-likeness (QED) is 0.0904. The molecule has 3 aromatic rings. The summed E-state index contributed by atoms with van der Waals surface area (Å²) in [6.45, 7) is 16.2. The number of carbonyl (C=O) groups excluding carboxylic acids is 2. The second kappa shape index (κ2) is 23.3. The molecule has 2 aromatic carbocycles. The number of rotatable bonds is 14. The lowest BCUT2D eigenvalue weighted by molar-refractivity contribution is -0.269. The molecule has 15 heteroatoms. The predicted octanol–water partition coefficient (Wildman–Crippen LogP) is 6.54. The smallest absolute Gasteiger partial charge is 0.308 e. The van der Waals surface area contributed by atoms with Gasteiger partial charge in [-0.05, 0) is 110 Å². The van der Waals surface area contributed by atoms with E-state index in [1.165, 1.54) is 5.56 Å². The van der Waals surface area contributed by atoms with Gasteiger partial charge >= 0.3 is 5.97 Å². The molecule has 0 bridgehead atoms. The molecule has 0 amide bonds. The van der Waals surface area contributed by atoms with E-state index in [1.807, 2.05) is 63.6 Å². The van der Waals surface area contributed by atoms with E-state index in [2.05, 4.69) is 107 Å². The second-order valence-corrected chi connectivity index (χ2v) is 21.1. The average molecular weight is 1030 g/mol. The zero-order chi connectivity index (χ0) is 47.9. The third-order valence-electron chi connectivity index (χ3n) is 13.4. The number of carbonyl (C=O) groups is 2. The first-order valence-electron chi connectivity index (χ1n) is 23.5. The summed E-state index contributed by atoms with van der Waals surface area (Å²) in [5.74, 6) is -2.65. The first-order chi connectivity index (χ1) is 31.3. The van der Waals surface area contributed by atoms with Crippen LogP contribution < -0.4 is 0 Å². The lowest BCUT2D eigenvalue weighted by Crippen LogP contribution is -2.56. The molecule has 4 heterocycles. The van der Waals surface area contributed by atoms with Gasteiger partial charge in [0.2, 0.25) is 0 Å². The number of aromatic nitrogens is 3. The number of fused-ring (bicyclic) bond motifs is 1. The normalized spacial score (nSPS) is 31.6. The Labute approximate surface area is 404 Å². The fraction of sp³-hybridized carbons (Fsp3) is 0.608. The Morgan fingerprint density at radius 3 is 2.35 bits per heavy atom. The van der Waals surface area contributed by atoms with Crippen molar-refractivity contribution in [3.63, 3.8) is 0 Å². The molecule has 12 atom stereocenters. The van der Waals surface area contributed by atoms with Crippen LogP contribution in [0.25, 0.3) is 11.3 Å². The Morgan fingerprint density at radius 1 is 0.985 bits per heavy atom. The monoisotopic (exact) mass is 1030 g/mol. The maximum absolute atomic E-state index is 14.0. The Kier molecular flexibility index (Phi) is 18.3. The fourth-order valence-corrected chi connectivity index (χ4v) is 9.61. The number of likely N-dealkylation sites (N-methyl/N-ethyl adjacent to an activating group) is 1. The maximum atomic E-state index is 14.0. The molecule has 0 radical (unpaired) electrons. The van der Waals surface area contributed by atoms with Gasteiger partial charge in [-0.3, -0.25) is 19.2 Å². The number of halogens is 1. The topological polar surface area (TPSA) is 172 Å². The molecule has 0 spiro atoms. The Morgan fingerprint density at radius 2 is 1.70 bits per heavy atom. The number of aliphatic hydroxyl groups excluding tert-OH is 3. The van der Waals surface area contributed by atoms with Crippen LogP contribution in [-0.4, -0.2) is 135 Å². The van der Waals surface area contributed by atoms with Crippen molar-refractivity contribution in [2.24, 2.45) is 23.7 Å². The summed E-state index contributed by atoms with van der Waals surface area (Å²) in [5.41, 5.74) is 4.98. The summed E-state index contributed by atoms with van der Waals surface area (Å²) < 4.78 is 27.8. The van der Waals surface area contributed by atoms with Crippen LogP contribution in [0.1, 0.15) is 85.3 Å². The minimum Gasteiger partial charge on any atom is -0.462 e. The van der Waals surface area contributed by atoms with Crippen LogP contribution in [0.3, 0.4) is 0 Å². The van der Waals surface area contributed by atoms with Crippen molar-refractivity contribution >= 4 is 34.3 Å². The zero-order valence-electron chi connectivity index (χ0n) is 40.1. The van der Waals surface area contributed by atoms with Crippen LogP contribution in [0, 0.1) is 27.2 Å². The molecule has 66 heavy (non-hydrogen) atoms. The van der Waals surface area contributed by atoms with Crippen LogP contribution in [0.5, 0.6) is 0 Å². The van der Waals surface area contributed by atoms with E-state index in [-0.39, 0.29) is 36.2 Å². The van der Waals surface area contributed by atoms with E-state index < -0.39 is 66.8 Å². The molecule has 3 aliphatic rings. The highest BCUT2D eigenvalue weighted by Gasteiger charge is 2.58. The van der Waals surface area contributed by atoms with E-state index in [0.717, 1.165) is 26.0 Å². The number of ether oxygens (including phenoxy) is 4. The molecule has 362 valence electrons. The Bertz CT molecular complexity index is 2100. The Balaban J connectivity index is 1.31. The zero-order valence-corrected chi connectivity index (χ0v) is 42.3. The summed E-state index contributed by atoms with van der Waals surface area (Å²) >= 11 is 2.31. The molecule has 2 unspecified atom stereocenters. The number of allylic oxidation sites excluding steroid dienone is 3. The van der Waals surface area contributed by atoms with Crippen LogP contribution in [0.4, 0.5) is 0 Å². The SMILES string of the molecule is CC[C@H]1OC(=O)C[C@@H](O)[C@H](C)[C@@H](O[C@@H]2O[C@@H]3O[C@H]3C(N(C)C)C2O)[C@@H](CCN(CCn2cc(-c3ccc(C(C)(C)C)cc3)nn2)Cc2ccc(I)cc2)C[C@@H](C)C(=O)/C=C/C(C)=C/[C@@H]1CO. The van der Waals surface area contributed by atoms with Crippen molar-refractivity contribution < 1.29 is 43.9 Å². The summed E-state index contributed by atoms with van der Waals surface area (Å²) in [7, 11) is 3.74. The molecule has 2 fully saturated rings. The molecule has 0 aliphatic carbocycles. The van der Waals surface area contributed by atoms with E-state index in [1.54, 1.807) is 12.2 Å². The molecule has 1 aromatic heterocycles. The first-order valence-corrected chi connectivity index (χ1v) is 24.6. The second-order valence-electron chi connectivity index (χ2n) is 19.9. The largest absolute Gasteiger partial charge is 0.462 e. The highest BCUT2D eigenvalue weighted by molar-refractivity contribution is 14.1. The van der Waals surface area contributed by atoms with E-state index in [0.29, 0.717) is 45.4 Å². The van der Waals surface area contributed by atoms with Gasteiger partial charge in [-0.15, -0.1) is 5.10 Å². The summed E-state index contributed by atoms with van der Waals surface area (Å²) in [5, 5.41) is 43.0. The molecule has 3 N–H and O–H groups in total. The van der Waals surface area contributed by atoms with Crippen molar-refractivity contribution in [3.8, 4) is 11.3 Å². The standard InChI is InChI=1S/C51H72IN5O9/c1-10-43-37(30-58)25-31(2)11-20-41(59)32(3)26-36(47(33(4)42(60)27-44(61)63-43)64-49-46(62)45(55(8)9)48-50(65-48)66-49)21-22-56(28-34-12-18-39(52)19-13-34)23-24-57-29-40(53-54-57)35-14-16-38(17-15-35)51(5,6)7/h11-20,25,29,32-33,36-37,42-43,45-50,58,60,62H,10,21-24,26-28,30H2,1-9H3/b20-11+,31-25+/t32-,33+,36+,37-,42-,43-,45?,46?,47-,48+,49-,50+/m1/s1. The minimum absolute atomic E-state index is 0.0418. The molecule has 14 nitrogen and oxygen atoms in total. The van der Waals surface area contributed by atoms with Gasteiger partial charge in [-0.2, -0.15) is 0 Å². The van der Waals surface area contributed by atoms with Gasteiger partial charge in [-0.1, -0.05) is 101 Å². The van der Waals surface area contributed by atoms with Crippen molar-refractivity contribution in [2.45, 2.75) is 142 Å². The molecule has 3 aliphatic heterocycles. The molecular weight excluding hydrogens is 953 g/mol. The highest BCUT2D eigenvalue weighted by atomic mass is 127. The number of esters is 1. The summed E-state index contributed by atoms with van der Waals surface area (Å²) in [6, 6.07) is 16.5. The number of ketones is 1. The minimum atomic E-state index is -1.21. The average Bonchev–Trinajstić information content (AvgIpc) is 3.88. The third-order valence-corrected chi connectivity index (χ3v) is 14.2. The van der Waals surface area contributed by atoms with Gasteiger partial charge in [0.15, 0.2) is 18.4 Å². The van der Waals surface area contributed by atoms with E-state index >= 15 is 0 Å². The van der Waals surface area contributed by atoms with Crippen molar-refractivity contribution in [1.82, 2.24) is 24.8 Å². The number of aliphatic hydroxyl groups is 3. The number of hydrogen-bond donors (Lipinski definition) is 3. The lowest BCUT2D eigenvalue weighted by Gasteiger charge is -2.42. The molecule has 2 saturated heterocycles. The predicted molar refractivity (Wildman–Crippen MR) is 261 cm³/mol. The number of epoxide rings is 1. The number of benzene rings is 2. The third kappa shape index (κ3) is 13.9. The van der Waals surface area contributed by atoms with Crippen molar-refractivity contribution in [1.29, 1.82) is 0 Å². The van der Waals surface area contributed by atoms with Crippen LogP contribution in [-0.2, 0) is 47.0 Å². The van der Waals surface area contributed by atoms with Gasteiger partial charge < -0.3 is 39.2 Å². The maximum Gasteiger partial charge on any atom is 0.308 e. The molecule has 6 rings (SSSR count). The van der Waals surface area contributed by atoms with Gasteiger partial charge in [0.05, 0.1) is 44.0 Å². The molecular formula is C51H72IN5O9. The fourth-order valence-electron chi connectivity index (χ4n) is 9.25. The number of nitrogens with zero attached hydrogens (tertiary/aromatic N) is 5. The van der Waals surface area contributed by atoms with Crippen molar-refractivity contribution in [2.75, 3.05) is 33.8 Å². The molecule has 0 saturated carbocycles. The van der Waals surface area contributed by atoms with Crippen LogP contribution in [0.2, 0.25) is 0 Å². The van der Waals surface area contributed by atoms with Gasteiger partial charge in [0.1, 0.15) is 24.0 Å².